The van der Waals surface area contributed by atoms with Crippen LogP contribution >= 0.6 is 0 Å². The fourth-order valence-electron chi connectivity index (χ4n) is 3.67. The normalized spacial score (nSPS) is 28.1. The molecule has 3 nitrogen and oxygen atoms in total. The molecular weight excluding hydrogens is 348 g/mol. The van der Waals surface area contributed by atoms with Crippen LogP contribution in [0.3, 0.4) is 0 Å². The van der Waals surface area contributed by atoms with Gasteiger partial charge in [-0.15, -0.1) is 0 Å². The third-order valence-electron chi connectivity index (χ3n) is 5.14. The van der Waals surface area contributed by atoms with Crippen molar-refractivity contribution in [3.05, 3.63) is 34.7 Å². The Morgan fingerprint density at radius 1 is 1.04 bits per heavy atom. The maximum Gasteiger partial charge on any atom is 0.479 e. The Hall–Kier alpha value is -0.249. The van der Waals surface area contributed by atoms with E-state index in [4.69, 9.17) is 12.7 Å². The largest absolute Gasteiger partial charge is 0.479 e. The molecule has 1 saturated carbocycles. The van der Waals surface area contributed by atoms with Gasteiger partial charge in [0.05, 0.1) is 0 Å². The lowest BCUT2D eigenvalue weighted by Crippen LogP contribution is -2.47. The fraction of sp³-hybridized carbons (Fsp3) is 0.667. The van der Waals surface area contributed by atoms with Gasteiger partial charge in [-0.3, -0.25) is 0 Å². The van der Waals surface area contributed by atoms with Gasteiger partial charge in [-0.25, -0.2) is 0 Å². The van der Waals surface area contributed by atoms with Crippen LogP contribution in [0.4, 0.5) is 0 Å². The molecule has 1 fully saturated rings. The quantitative estimate of drug-likeness (QED) is 0.429. The minimum atomic E-state index is -2.49. The molecule has 0 aromatic carbocycles. The van der Waals surface area contributed by atoms with E-state index in [2.05, 4.69) is 51.2 Å². The molecule has 6 heteroatoms. The van der Waals surface area contributed by atoms with Crippen molar-refractivity contribution < 1.29 is 12.7 Å². The van der Waals surface area contributed by atoms with E-state index in [1.807, 2.05) is 0 Å². The van der Waals surface area contributed by atoms with Gasteiger partial charge in [0.15, 0.2) is 19.5 Å². The Balaban J connectivity index is 1.95. The summed E-state index contributed by atoms with van der Waals surface area (Å²) in [6, 6.07) is 0.985. The molecule has 0 aromatic heterocycles. The predicted octanol–water partition coefficient (Wildman–Crippen LogP) is 3.22. The summed E-state index contributed by atoms with van der Waals surface area (Å²) in [5, 5.41) is 0. The molecule has 3 atom stereocenters. The summed E-state index contributed by atoms with van der Waals surface area (Å²) in [5.41, 5.74) is 7.18. The molecule has 0 heterocycles. The molecule has 0 aromatic rings. The maximum absolute atomic E-state index is 6.36. The van der Waals surface area contributed by atoms with Gasteiger partial charge < -0.3 is 12.7 Å². The van der Waals surface area contributed by atoms with Gasteiger partial charge in [-0.1, -0.05) is 34.7 Å². The lowest BCUT2D eigenvalue weighted by Gasteiger charge is -2.30. The summed E-state index contributed by atoms with van der Waals surface area (Å²) in [6.45, 7) is 8.53. The topological polar surface area (TPSA) is 27.7 Å². The molecule has 0 spiro atoms. The third-order valence-corrected chi connectivity index (χ3v) is 13.5. The van der Waals surface area contributed by atoms with Crippen LogP contribution in [0.2, 0.25) is 6.04 Å². The van der Waals surface area contributed by atoms with Crippen LogP contribution in [0.25, 0.3) is 0 Å². The Bertz CT molecular complexity index is 472. The van der Waals surface area contributed by atoms with Gasteiger partial charge in [-0.05, 0) is 64.7 Å². The number of fused-ring (bicyclic) bond motifs is 2. The number of allylic oxidation sites excluding steroid dienone is 4. The second-order valence-corrected chi connectivity index (χ2v) is 13.7. The van der Waals surface area contributed by atoms with Crippen molar-refractivity contribution in [2.24, 2.45) is 17.8 Å². The van der Waals surface area contributed by atoms with Crippen LogP contribution in [0.5, 0.6) is 0 Å². The zero-order valence-electron chi connectivity index (χ0n) is 16.0. The Morgan fingerprint density at radius 2 is 1.67 bits per heavy atom. The van der Waals surface area contributed by atoms with Crippen LogP contribution in [0.15, 0.2) is 34.7 Å². The second kappa shape index (κ2) is 9.45. The highest BCUT2D eigenvalue weighted by atomic mass is 28.4. The van der Waals surface area contributed by atoms with E-state index in [1.54, 1.807) is 7.11 Å². The summed E-state index contributed by atoms with van der Waals surface area (Å²) < 4.78 is 18.6. The molecule has 2 aliphatic carbocycles. The first kappa shape index (κ1) is 20.1. The molecule has 2 rings (SSSR count). The van der Waals surface area contributed by atoms with Crippen molar-refractivity contribution in [3.63, 3.8) is 0 Å². The van der Waals surface area contributed by atoms with Crippen molar-refractivity contribution >= 4 is 28.3 Å². The number of rotatable bonds is 10. The van der Waals surface area contributed by atoms with E-state index in [9.17, 15) is 0 Å². The van der Waals surface area contributed by atoms with Crippen LogP contribution in [0, 0.1) is 17.8 Å². The Morgan fingerprint density at radius 3 is 2.08 bits per heavy atom. The molecule has 136 valence electrons. The second-order valence-electron chi connectivity index (χ2n) is 7.65. The van der Waals surface area contributed by atoms with Crippen LogP contribution in [0.1, 0.15) is 47.0 Å². The molecule has 0 saturated heterocycles. The van der Waals surface area contributed by atoms with Gasteiger partial charge in [0, 0.05) is 13.2 Å². The van der Waals surface area contributed by atoms with Gasteiger partial charge in [0.1, 0.15) is 0 Å². The summed E-state index contributed by atoms with van der Waals surface area (Å²) in [4.78, 5) is 0. The van der Waals surface area contributed by atoms with Gasteiger partial charge in [0.2, 0.25) is 0 Å². The van der Waals surface area contributed by atoms with Gasteiger partial charge >= 0.3 is 8.80 Å². The first-order valence-electron chi connectivity index (χ1n) is 9.22. The van der Waals surface area contributed by atoms with Crippen molar-refractivity contribution in [2.45, 2.75) is 53.0 Å². The molecule has 0 amide bonds. The monoisotopic (exact) mass is 382 g/mol. The van der Waals surface area contributed by atoms with E-state index in [-0.39, 0.29) is 0 Å². The van der Waals surface area contributed by atoms with Crippen LogP contribution < -0.4 is 0 Å². The predicted molar refractivity (Wildman–Crippen MR) is 109 cm³/mol. The van der Waals surface area contributed by atoms with E-state index >= 15 is 0 Å². The minimum absolute atomic E-state index is 0.713. The standard InChI is InChI=1S/C18H34O3Si3/c1-14(2)12-22-20-24(19-5,21-23-13-15(3)4)9-8-18-11-16-6-7-17(18)10-16/h6-7,12-13,16-18H,8-11,22-23H2,1-5H3. The van der Waals surface area contributed by atoms with Gasteiger partial charge in [0.25, 0.3) is 0 Å². The molecule has 0 N–H and O–H groups in total. The number of hydrogen-bond donors (Lipinski definition) is 0. The lowest BCUT2D eigenvalue weighted by molar-refractivity contribution is 0.209. The highest BCUT2D eigenvalue weighted by molar-refractivity contribution is 6.71. The van der Waals surface area contributed by atoms with Crippen molar-refractivity contribution in [1.29, 1.82) is 0 Å². The summed E-state index contributed by atoms with van der Waals surface area (Å²) in [5.74, 6) is 2.44. The van der Waals surface area contributed by atoms with E-state index in [0.29, 0.717) is 0 Å². The van der Waals surface area contributed by atoms with Crippen LogP contribution in [-0.4, -0.2) is 35.4 Å². The SMILES string of the molecule is CO[Si](CCC1CC2C=CC1C2)(O[SiH2]C=C(C)C)O[SiH2]C=C(C)C. The van der Waals surface area contributed by atoms with E-state index in [1.165, 1.54) is 30.4 Å². The van der Waals surface area contributed by atoms with E-state index < -0.39 is 28.3 Å². The Labute approximate surface area is 153 Å². The molecule has 0 aliphatic heterocycles. The van der Waals surface area contributed by atoms with Crippen LogP contribution in [-0.2, 0) is 12.7 Å². The van der Waals surface area contributed by atoms with E-state index in [0.717, 1.165) is 23.8 Å². The third kappa shape index (κ3) is 5.93. The molecule has 0 radical (unpaired) electrons. The molecular formula is C18H34O3Si3. The van der Waals surface area contributed by atoms with Crippen molar-refractivity contribution in [3.8, 4) is 0 Å². The minimum Gasteiger partial charge on any atom is -0.418 e. The van der Waals surface area contributed by atoms with Gasteiger partial charge in [-0.2, -0.15) is 0 Å². The highest BCUT2D eigenvalue weighted by Crippen LogP contribution is 2.46. The maximum atomic E-state index is 6.36. The van der Waals surface area contributed by atoms with Crippen molar-refractivity contribution in [2.75, 3.05) is 7.11 Å². The summed E-state index contributed by atoms with van der Waals surface area (Å²) >= 11 is 0. The average Bonchev–Trinajstić information content (AvgIpc) is 3.14. The highest BCUT2D eigenvalue weighted by Gasteiger charge is 2.42. The Kier molecular flexibility index (Phi) is 7.90. The first-order valence-corrected chi connectivity index (χ1v) is 13.9. The zero-order valence-corrected chi connectivity index (χ0v) is 19.8. The molecule has 3 unspecified atom stereocenters. The summed E-state index contributed by atoms with van der Waals surface area (Å²) in [6.07, 6.45) is 8.77. The zero-order chi connectivity index (χ0) is 17.6. The summed E-state index contributed by atoms with van der Waals surface area (Å²) in [7, 11) is -2.12. The molecule has 24 heavy (non-hydrogen) atoms. The number of hydrogen-bond acceptors (Lipinski definition) is 3. The molecule has 2 aliphatic rings. The fourth-order valence-corrected chi connectivity index (χ4v) is 11.1. The average molecular weight is 383 g/mol. The molecule has 2 bridgehead atoms. The van der Waals surface area contributed by atoms with Crippen molar-refractivity contribution in [1.82, 2.24) is 0 Å². The first-order chi connectivity index (χ1) is 11.4. The lowest BCUT2D eigenvalue weighted by atomic mass is 9.91. The smallest absolute Gasteiger partial charge is 0.418 e.